The van der Waals surface area contributed by atoms with Gasteiger partial charge in [0, 0.05) is 42.8 Å². The van der Waals surface area contributed by atoms with Gasteiger partial charge in [-0.05, 0) is 17.1 Å². The van der Waals surface area contributed by atoms with Crippen LogP contribution in [0.1, 0.15) is 6.92 Å². The minimum Gasteiger partial charge on any atom is -0.403 e. The summed E-state index contributed by atoms with van der Waals surface area (Å²) in [5.41, 5.74) is 7.66. The molecule has 3 unspecified atom stereocenters. The van der Waals surface area contributed by atoms with Crippen LogP contribution in [-0.2, 0) is 0 Å². The molecular weight excluding hydrogens is 428 g/mol. The van der Waals surface area contributed by atoms with E-state index in [4.69, 9.17) is 5.73 Å². The lowest BCUT2D eigenvalue weighted by Crippen LogP contribution is -2.37. The highest BCUT2D eigenvalue weighted by Crippen LogP contribution is 2.51. The molecule has 2 aliphatic heterocycles. The van der Waals surface area contributed by atoms with Crippen LogP contribution in [0, 0.1) is 28.1 Å². The molecule has 2 rings (SSSR count). The average molecular weight is 452 g/mol. The number of halogens is 3. The molecule has 31 heavy (non-hydrogen) atoms. The molecule has 2 heterocycles. The quantitative estimate of drug-likeness (QED) is 0.334. The fourth-order valence-electron chi connectivity index (χ4n) is 3.40. The smallest absolute Gasteiger partial charge is 0.171 e. The monoisotopic (exact) mass is 452 g/mol. The van der Waals surface area contributed by atoms with Gasteiger partial charge in [-0.2, -0.15) is 5.26 Å². The zero-order chi connectivity index (χ0) is 23.1. The Labute approximate surface area is 180 Å². The molecule has 0 saturated carbocycles. The molecule has 0 aromatic carbocycles. The molecule has 11 heteroatoms. The lowest BCUT2D eigenvalue weighted by atomic mass is 9.98. The summed E-state index contributed by atoms with van der Waals surface area (Å²) in [6, 6.07) is 2.25. The lowest BCUT2D eigenvalue weighted by molar-refractivity contribution is 0.458. The van der Waals surface area contributed by atoms with Crippen molar-refractivity contribution < 1.29 is 13.2 Å². The van der Waals surface area contributed by atoms with Crippen molar-refractivity contribution in [1.29, 1.82) is 5.26 Å². The Balaban J connectivity index is 2.31. The number of nitroso groups, excluding NO2 is 1. The molecule has 0 bridgehead atoms. The van der Waals surface area contributed by atoms with Crippen LogP contribution in [0.15, 0.2) is 69.8 Å². The van der Waals surface area contributed by atoms with Gasteiger partial charge in [-0.1, -0.05) is 20.1 Å². The maximum Gasteiger partial charge on any atom is 0.171 e. The fourth-order valence-corrected chi connectivity index (χ4v) is 4.98. The van der Waals surface area contributed by atoms with Crippen LogP contribution in [0.3, 0.4) is 0 Å². The normalized spacial score (nSPS) is 24.6. The molecule has 2 aliphatic rings. The second-order valence-electron chi connectivity index (χ2n) is 7.01. The van der Waals surface area contributed by atoms with Crippen LogP contribution in [-0.4, -0.2) is 48.1 Å². The van der Waals surface area contributed by atoms with Gasteiger partial charge in [0.15, 0.2) is 8.22 Å². The largest absolute Gasteiger partial charge is 0.403 e. The van der Waals surface area contributed by atoms with Crippen molar-refractivity contribution in [2.45, 2.75) is 6.92 Å². The molecule has 0 amide bonds. The Morgan fingerprint density at radius 3 is 2.71 bits per heavy atom. The van der Waals surface area contributed by atoms with Gasteiger partial charge < -0.3 is 10.6 Å². The Kier molecular flexibility index (Phi) is 8.72. The van der Waals surface area contributed by atoms with Gasteiger partial charge in [-0.15, -0.1) is 4.91 Å². The van der Waals surface area contributed by atoms with Crippen LogP contribution in [0.5, 0.6) is 0 Å². The van der Waals surface area contributed by atoms with E-state index in [1.54, 1.807) is 4.67 Å². The molecule has 7 nitrogen and oxygen atoms in total. The van der Waals surface area contributed by atoms with Crippen LogP contribution < -0.4 is 5.73 Å². The summed E-state index contributed by atoms with van der Waals surface area (Å²) in [6.45, 7) is 8.78. The average Bonchev–Trinajstić information content (AvgIpc) is 3.03. The number of hydrogen-bond donors (Lipinski definition) is 1. The minimum atomic E-state index is -2.07. The Hall–Kier alpha value is -2.76. The van der Waals surface area contributed by atoms with Crippen LogP contribution in [0.4, 0.5) is 13.2 Å². The first-order valence-corrected chi connectivity index (χ1v) is 10.7. The van der Waals surface area contributed by atoms with Crippen LogP contribution in [0.2, 0.25) is 0 Å². The van der Waals surface area contributed by atoms with Crippen molar-refractivity contribution >= 4 is 13.9 Å². The SMILES string of the molecule is C=C(F)/C=C(\C=C(\F)CF)P(N=O)N1CCN=C(C(=CN)N2CC(C#N)C(C)C2=C)C1. The molecule has 0 spiro atoms. The first kappa shape index (κ1) is 24.5. The van der Waals surface area contributed by atoms with Gasteiger partial charge in [0.05, 0.1) is 29.9 Å². The second kappa shape index (κ2) is 11.0. The third kappa shape index (κ3) is 5.69. The first-order valence-electron chi connectivity index (χ1n) is 9.45. The summed E-state index contributed by atoms with van der Waals surface area (Å²) < 4.78 is 41.2. The van der Waals surface area contributed by atoms with E-state index in [1.165, 1.54) is 6.20 Å². The predicted octanol–water partition coefficient (Wildman–Crippen LogP) is 4.42. The molecule has 0 aromatic heterocycles. The van der Waals surface area contributed by atoms with Gasteiger partial charge >= 0.3 is 0 Å². The van der Waals surface area contributed by atoms with Gasteiger partial charge in [0.2, 0.25) is 0 Å². The minimum absolute atomic E-state index is 0.0621. The second-order valence-corrected chi connectivity index (χ2v) is 8.83. The standard InChI is InChI=1S/C20H24F3N6OP/c1-13(22)6-18(7-17(23)8-21)31(27-30)28-5-4-26-19(12-28)20(10-25)29-11-16(9-24)14(2)15(29)3/h6-7,10,14,16H,1,3-5,8,11-12,25H2,2H3/b17-7+,18-6+,20-10?. The summed E-state index contributed by atoms with van der Waals surface area (Å²) in [5.74, 6) is -2.38. The summed E-state index contributed by atoms with van der Waals surface area (Å²) in [6.07, 6.45) is 3.00. The number of allylic oxidation sites excluding steroid dienone is 6. The summed E-state index contributed by atoms with van der Waals surface area (Å²) in [5, 5.41) is 9.25. The van der Waals surface area contributed by atoms with Crippen molar-refractivity contribution in [3.8, 4) is 6.07 Å². The van der Waals surface area contributed by atoms with Crippen LogP contribution >= 0.6 is 8.22 Å². The van der Waals surface area contributed by atoms with E-state index in [0.29, 0.717) is 24.5 Å². The third-order valence-corrected chi connectivity index (χ3v) is 6.82. The molecule has 166 valence electrons. The highest BCUT2D eigenvalue weighted by atomic mass is 31.1. The number of rotatable bonds is 8. The maximum absolute atomic E-state index is 13.6. The van der Waals surface area contributed by atoms with Crippen LogP contribution in [0.25, 0.3) is 0 Å². The summed E-state index contributed by atoms with van der Waals surface area (Å²) >= 11 is 0. The number of aliphatic imine (C=N–C) groups is 1. The number of nitriles is 1. The number of alkyl halides is 1. The fraction of sp³-hybridized carbons (Fsp3) is 0.400. The molecule has 3 atom stereocenters. The van der Waals surface area contributed by atoms with E-state index in [0.717, 1.165) is 17.8 Å². The van der Waals surface area contributed by atoms with E-state index in [1.807, 2.05) is 11.8 Å². The van der Waals surface area contributed by atoms with Gasteiger partial charge in [-0.3, -0.25) is 4.99 Å². The van der Waals surface area contributed by atoms with Crippen molar-refractivity contribution in [3.63, 3.8) is 0 Å². The van der Waals surface area contributed by atoms with E-state index in [-0.39, 0.29) is 30.2 Å². The van der Waals surface area contributed by atoms with Crippen molar-refractivity contribution in [2.75, 3.05) is 32.9 Å². The molecule has 1 saturated heterocycles. The van der Waals surface area contributed by atoms with E-state index >= 15 is 0 Å². The molecule has 0 aromatic rings. The van der Waals surface area contributed by atoms with Crippen molar-refractivity contribution in [1.82, 2.24) is 9.57 Å². The number of nitrogens with two attached hydrogens (primary N) is 1. The lowest BCUT2D eigenvalue weighted by Gasteiger charge is -2.33. The zero-order valence-electron chi connectivity index (χ0n) is 17.1. The third-order valence-electron chi connectivity index (χ3n) is 5.07. The molecular formula is C20H24F3N6OP. The molecule has 0 aliphatic carbocycles. The van der Waals surface area contributed by atoms with E-state index in [2.05, 4.69) is 29.2 Å². The van der Waals surface area contributed by atoms with Crippen molar-refractivity contribution in [2.24, 2.45) is 27.5 Å². The Morgan fingerprint density at radius 1 is 1.48 bits per heavy atom. The topological polar surface area (TPSA) is 98.1 Å². The number of hydrogen-bond acceptors (Lipinski definition) is 7. The van der Waals surface area contributed by atoms with Crippen molar-refractivity contribution in [3.05, 3.63) is 64.8 Å². The zero-order valence-corrected chi connectivity index (χ0v) is 18.0. The first-order chi connectivity index (χ1) is 14.8. The van der Waals surface area contributed by atoms with Gasteiger partial charge in [0.25, 0.3) is 0 Å². The predicted molar refractivity (Wildman–Crippen MR) is 116 cm³/mol. The highest BCUT2D eigenvalue weighted by Gasteiger charge is 2.37. The molecule has 2 N–H and O–H groups in total. The Morgan fingerprint density at radius 2 is 2.19 bits per heavy atom. The maximum atomic E-state index is 13.6. The summed E-state index contributed by atoms with van der Waals surface area (Å²) in [7, 11) is -2.07. The van der Waals surface area contributed by atoms with E-state index in [9.17, 15) is 23.3 Å². The van der Waals surface area contributed by atoms with E-state index < -0.39 is 26.6 Å². The molecule has 0 radical (unpaired) electrons. The number of likely N-dealkylation sites (tertiary alicyclic amines) is 1. The molecule has 1 fully saturated rings. The van der Waals surface area contributed by atoms with Gasteiger partial charge in [-0.25, -0.2) is 17.8 Å². The highest BCUT2D eigenvalue weighted by molar-refractivity contribution is 7.58. The Bertz CT molecular complexity index is 907. The number of nitrogens with zero attached hydrogens (tertiary/aromatic N) is 5. The van der Waals surface area contributed by atoms with Gasteiger partial charge in [0.1, 0.15) is 18.3 Å². The summed E-state index contributed by atoms with van der Waals surface area (Å²) in [4.78, 5) is 21.0.